The molecule has 0 spiro atoms. The summed E-state index contributed by atoms with van der Waals surface area (Å²) in [4.78, 5) is 16.8. The molecule has 132 valence electrons. The number of anilines is 1. The fraction of sp³-hybridized carbons (Fsp3) is 0.278. The van der Waals surface area contributed by atoms with Crippen molar-refractivity contribution in [1.29, 1.82) is 0 Å². The van der Waals surface area contributed by atoms with Gasteiger partial charge in [-0.15, -0.1) is 0 Å². The van der Waals surface area contributed by atoms with Gasteiger partial charge in [-0.2, -0.15) is 0 Å². The van der Waals surface area contributed by atoms with E-state index in [1.165, 1.54) is 0 Å². The number of hydrogen-bond acceptors (Lipinski definition) is 4. The highest BCUT2D eigenvalue weighted by Gasteiger charge is 2.11. The third-order valence-electron chi connectivity index (χ3n) is 3.79. The van der Waals surface area contributed by atoms with Gasteiger partial charge < -0.3 is 24.8 Å². The molecule has 2 aromatic carbocycles. The molecule has 1 aromatic heterocycles. The van der Waals surface area contributed by atoms with E-state index in [-0.39, 0.29) is 5.69 Å². The summed E-state index contributed by atoms with van der Waals surface area (Å²) in [6, 6.07) is 9.27. The van der Waals surface area contributed by atoms with Crippen LogP contribution in [-0.2, 0) is 6.54 Å². The number of benzene rings is 2. The van der Waals surface area contributed by atoms with E-state index >= 15 is 0 Å². The first-order valence-corrected chi connectivity index (χ1v) is 8.43. The fourth-order valence-electron chi connectivity index (χ4n) is 2.54. The first-order chi connectivity index (χ1) is 12.1. The number of aromatic nitrogens is 2. The van der Waals surface area contributed by atoms with Crippen LogP contribution in [0.4, 0.5) is 5.69 Å². The van der Waals surface area contributed by atoms with Crippen molar-refractivity contribution in [3.63, 3.8) is 0 Å². The predicted molar refractivity (Wildman–Crippen MR) is 100 cm³/mol. The number of ether oxygens (including phenoxy) is 2. The lowest BCUT2D eigenvalue weighted by Gasteiger charge is -2.14. The third kappa shape index (κ3) is 3.91. The summed E-state index contributed by atoms with van der Waals surface area (Å²) in [5.41, 5.74) is 3.08. The Kier molecular flexibility index (Phi) is 5.19. The highest BCUT2D eigenvalue weighted by Crippen LogP contribution is 2.34. The summed E-state index contributed by atoms with van der Waals surface area (Å²) in [6.07, 6.45) is 0.911. The van der Waals surface area contributed by atoms with Crippen molar-refractivity contribution < 1.29 is 9.47 Å². The minimum atomic E-state index is -0.220. The molecule has 0 aliphatic rings. The molecule has 0 atom stereocenters. The number of imidazole rings is 1. The Hall–Kier alpha value is -2.60. The van der Waals surface area contributed by atoms with Crippen molar-refractivity contribution in [2.45, 2.75) is 19.9 Å². The zero-order chi connectivity index (χ0) is 17.8. The second kappa shape index (κ2) is 7.53. The molecule has 25 heavy (non-hydrogen) atoms. The molecular formula is C18H20ClN3O3. The lowest BCUT2D eigenvalue weighted by atomic mass is 10.2. The number of aromatic amines is 2. The Morgan fingerprint density at radius 3 is 2.68 bits per heavy atom. The molecule has 0 aliphatic carbocycles. The van der Waals surface area contributed by atoms with E-state index in [1.807, 2.05) is 31.2 Å². The van der Waals surface area contributed by atoms with Crippen LogP contribution in [0.2, 0.25) is 5.02 Å². The van der Waals surface area contributed by atoms with Crippen molar-refractivity contribution in [2.75, 3.05) is 19.0 Å². The van der Waals surface area contributed by atoms with Crippen molar-refractivity contribution in [3.8, 4) is 11.5 Å². The summed E-state index contributed by atoms with van der Waals surface area (Å²) < 4.78 is 11.1. The minimum Gasteiger partial charge on any atom is -0.493 e. The van der Waals surface area contributed by atoms with Gasteiger partial charge in [-0.3, -0.25) is 0 Å². The zero-order valence-electron chi connectivity index (χ0n) is 14.1. The normalized spacial score (nSPS) is 10.8. The zero-order valence-corrected chi connectivity index (χ0v) is 14.9. The van der Waals surface area contributed by atoms with Gasteiger partial charge in [-0.1, -0.05) is 18.5 Å². The molecule has 7 heteroatoms. The molecule has 0 aliphatic heterocycles. The molecule has 1 heterocycles. The maximum absolute atomic E-state index is 11.3. The van der Waals surface area contributed by atoms with Crippen LogP contribution < -0.4 is 20.5 Å². The van der Waals surface area contributed by atoms with Crippen LogP contribution >= 0.6 is 11.6 Å². The number of hydrogen-bond donors (Lipinski definition) is 3. The van der Waals surface area contributed by atoms with Gasteiger partial charge in [-0.25, -0.2) is 4.79 Å². The van der Waals surface area contributed by atoms with Crippen LogP contribution in [0.15, 0.2) is 35.1 Å². The Morgan fingerprint density at radius 1 is 1.12 bits per heavy atom. The maximum atomic E-state index is 11.3. The number of methoxy groups -OCH3 is 1. The van der Waals surface area contributed by atoms with Gasteiger partial charge in [-0.05, 0) is 36.2 Å². The van der Waals surface area contributed by atoms with E-state index in [9.17, 15) is 4.79 Å². The fourth-order valence-corrected chi connectivity index (χ4v) is 2.76. The highest BCUT2D eigenvalue weighted by atomic mass is 35.5. The van der Waals surface area contributed by atoms with E-state index in [4.69, 9.17) is 21.1 Å². The van der Waals surface area contributed by atoms with Gasteiger partial charge in [0.2, 0.25) is 0 Å². The average Bonchev–Trinajstić information content (AvgIpc) is 2.98. The molecule has 0 fully saturated rings. The molecule has 0 saturated heterocycles. The van der Waals surface area contributed by atoms with E-state index in [0.717, 1.165) is 28.7 Å². The molecule has 0 unspecified atom stereocenters. The second-order valence-corrected chi connectivity index (χ2v) is 6.04. The Bertz CT molecular complexity index is 933. The molecule has 3 N–H and O–H groups in total. The number of halogens is 1. The Balaban J connectivity index is 1.78. The average molecular weight is 362 g/mol. The third-order valence-corrected chi connectivity index (χ3v) is 4.15. The van der Waals surface area contributed by atoms with Crippen LogP contribution in [0.5, 0.6) is 11.5 Å². The standard InChI is InChI=1S/C18H20ClN3O3/c1-3-6-25-17-9-13(19)11(7-16(17)24-2)10-20-12-4-5-14-15(8-12)22-18(23)21-14/h4-5,7-9,20H,3,6,10H2,1-2H3,(H2,21,22,23). The lowest BCUT2D eigenvalue weighted by molar-refractivity contribution is 0.294. The Labute approximate surface area is 150 Å². The maximum Gasteiger partial charge on any atom is 0.323 e. The van der Waals surface area contributed by atoms with Crippen molar-refractivity contribution in [2.24, 2.45) is 0 Å². The molecule has 3 aromatic rings. The van der Waals surface area contributed by atoms with Crippen LogP contribution in [0.3, 0.4) is 0 Å². The van der Waals surface area contributed by atoms with Crippen LogP contribution in [-0.4, -0.2) is 23.7 Å². The van der Waals surface area contributed by atoms with Crippen molar-refractivity contribution in [1.82, 2.24) is 9.97 Å². The van der Waals surface area contributed by atoms with Crippen molar-refractivity contribution in [3.05, 3.63) is 51.4 Å². The Morgan fingerprint density at radius 2 is 1.92 bits per heavy atom. The first-order valence-electron chi connectivity index (χ1n) is 8.06. The smallest absolute Gasteiger partial charge is 0.323 e. The van der Waals surface area contributed by atoms with Gasteiger partial charge >= 0.3 is 5.69 Å². The summed E-state index contributed by atoms with van der Waals surface area (Å²) >= 11 is 6.37. The summed E-state index contributed by atoms with van der Waals surface area (Å²) in [5, 5.41) is 3.91. The molecule has 0 bridgehead atoms. The number of nitrogens with one attached hydrogen (secondary N) is 3. The number of fused-ring (bicyclic) bond motifs is 1. The first kappa shape index (κ1) is 17.2. The topological polar surface area (TPSA) is 79.1 Å². The molecule has 0 amide bonds. The van der Waals surface area contributed by atoms with Crippen LogP contribution in [0, 0.1) is 0 Å². The quantitative estimate of drug-likeness (QED) is 0.596. The summed E-state index contributed by atoms with van der Waals surface area (Å²) in [7, 11) is 1.61. The number of H-pyrrole nitrogens is 2. The van der Waals surface area contributed by atoms with Crippen LogP contribution in [0.1, 0.15) is 18.9 Å². The highest BCUT2D eigenvalue weighted by molar-refractivity contribution is 6.31. The largest absolute Gasteiger partial charge is 0.493 e. The van der Waals surface area contributed by atoms with Gasteiger partial charge in [0.05, 0.1) is 24.8 Å². The summed E-state index contributed by atoms with van der Waals surface area (Å²) in [5.74, 6) is 1.30. The summed E-state index contributed by atoms with van der Waals surface area (Å²) in [6.45, 7) is 3.17. The van der Waals surface area contributed by atoms with E-state index < -0.39 is 0 Å². The van der Waals surface area contributed by atoms with Gasteiger partial charge in [0.15, 0.2) is 11.5 Å². The van der Waals surface area contributed by atoms with Crippen LogP contribution in [0.25, 0.3) is 11.0 Å². The minimum absolute atomic E-state index is 0.220. The SMILES string of the molecule is CCCOc1cc(Cl)c(CNc2ccc3[nH]c(=O)[nH]c3c2)cc1OC. The lowest BCUT2D eigenvalue weighted by Crippen LogP contribution is -2.03. The van der Waals surface area contributed by atoms with Crippen molar-refractivity contribution >= 4 is 28.3 Å². The predicted octanol–water partition coefficient (Wildman–Crippen LogP) is 3.92. The molecule has 0 radical (unpaired) electrons. The monoisotopic (exact) mass is 361 g/mol. The molecule has 6 nitrogen and oxygen atoms in total. The number of rotatable bonds is 7. The van der Waals surface area contributed by atoms with E-state index in [1.54, 1.807) is 13.2 Å². The second-order valence-electron chi connectivity index (χ2n) is 5.64. The molecular weight excluding hydrogens is 342 g/mol. The van der Waals surface area contributed by atoms with Gasteiger partial charge in [0, 0.05) is 23.3 Å². The van der Waals surface area contributed by atoms with E-state index in [2.05, 4.69) is 15.3 Å². The molecule has 3 rings (SSSR count). The molecule has 0 saturated carbocycles. The van der Waals surface area contributed by atoms with Gasteiger partial charge in [0.25, 0.3) is 0 Å². The van der Waals surface area contributed by atoms with Gasteiger partial charge in [0.1, 0.15) is 0 Å². The van der Waals surface area contributed by atoms with E-state index in [0.29, 0.717) is 29.7 Å².